The summed E-state index contributed by atoms with van der Waals surface area (Å²) in [6.45, 7) is 6.82. The summed E-state index contributed by atoms with van der Waals surface area (Å²) in [6, 6.07) is 4.26. The molecule has 2 heterocycles. The highest BCUT2D eigenvalue weighted by molar-refractivity contribution is 7.13. The van der Waals surface area contributed by atoms with Gasteiger partial charge in [-0.1, -0.05) is 38.4 Å². The molecule has 0 spiro atoms. The van der Waals surface area contributed by atoms with Crippen LogP contribution in [-0.2, 0) is 11.2 Å². The number of hydrogen-bond donors (Lipinski definition) is 1. The number of nitrogens with zero attached hydrogens (tertiary/aromatic N) is 2. The van der Waals surface area contributed by atoms with E-state index < -0.39 is 0 Å². The van der Waals surface area contributed by atoms with Gasteiger partial charge in [0, 0.05) is 18.9 Å². The number of thiophene rings is 1. The Morgan fingerprint density at radius 3 is 3.00 bits per heavy atom. The second-order valence-corrected chi connectivity index (χ2v) is 8.79. The minimum absolute atomic E-state index is 0.146. The lowest BCUT2D eigenvalue weighted by atomic mass is 9.74. The summed E-state index contributed by atoms with van der Waals surface area (Å²) in [5.41, 5.74) is 0. The zero-order valence-corrected chi connectivity index (χ0v) is 16.7. The van der Waals surface area contributed by atoms with Gasteiger partial charge in [-0.2, -0.15) is 4.98 Å². The standard InChI is InChI=1S/C20H29N3O2S/c1-13(2)15-10-9-14(3)12-16(15)21-18(24)7-4-8-19-22-20(23-25-19)17-6-5-11-26-17/h5-6,11,13-16H,4,7-10,12H2,1-3H3,(H,21,24). The Hall–Kier alpha value is -1.69. The fraction of sp³-hybridized carbons (Fsp3) is 0.650. The molecule has 3 atom stereocenters. The van der Waals surface area contributed by atoms with Crippen LogP contribution in [0.2, 0.25) is 0 Å². The van der Waals surface area contributed by atoms with Crippen LogP contribution >= 0.6 is 11.3 Å². The summed E-state index contributed by atoms with van der Waals surface area (Å²) in [5, 5.41) is 9.29. The van der Waals surface area contributed by atoms with E-state index in [0.29, 0.717) is 48.4 Å². The van der Waals surface area contributed by atoms with E-state index in [1.807, 2.05) is 17.5 Å². The number of rotatable bonds is 7. The van der Waals surface area contributed by atoms with Crippen LogP contribution in [0.15, 0.2) is 22.0 Å². The van der Waals surface area contributed by atoms with Gasteiger partial charge in [-0.25, -0.2) is 0 Å². The second-order valence-electron chi connectivity index (χ2n) is 7.84. The van der Waals surface area contributed by atoms with E-state index in [-0.39, 0.29) is 5.91 Å². The van der Waals surface area contributed by atoms with Crippen LogP contribution in [0.3, 0.4) is 0 Å². The highest BCUT2D eigenvalue weighted by Gasteiger charge is 2.31. The van der Waals surface area contributed by atoms with Crippen molar-refractivity contribution in [2.45, 2.75) is 65.3 Å². The van der Waals surface area contributed by atoms with E-state index in [1.54, 1.807) is 11.3 Å². The van der Waals surface area contributed by atoms with Crippen LogP contribution in [0.4, 0.5) is 0 Å². The van der Waals surface area contributed by atoms with Crippen molar-refractivity contribution in [2.75, 3.05) is 0 Å². The number of aromatic nitrogens is 2. The van der Waals surface area contributed by atoms with Crippen molar-refractivity contribution in [1.29, 1.82) is 0 Å². The number of carbonyl (C=O) groups excluding carboxylic acids is 1. The predicted octanol–water partition coefficient (Wildman–Crippen LogP) is 4.70. The molecule has 2 aromatic rings. The van der Waals surface area contributed by atoms with Gasteiger partial charge in [-0.3, -0.25) is 4.79 Å². The summed E-state index contributed by atoms with van der Waals surface area (Å²) < 4.78 is 5.30. The molecule has 3 rings (SSSR count). The summed E-state index contributed by atoms with van der Waals surface area (Å²) in [6.07, 6.45) is 5.47. The van der Waals surface area contributed by atoms with E-state index in [2.05, 4.69) is 36.2 Å². The molecule has 0 aromatic carbocycles. The molecule has 1 aliphatic carbocycles. The van der Waals surface area contributed by atoms with Crippen molar-refractivity contribution in [3.05, 3.63) is 23.4 Å². The van der Waals surface area contributed by atoms with Crippen LogP contribution in [0.1, 0.15) is 58.8 Å². The SMILES string of the molecule is CC1CCC(C(C)C)C(NC(=O)CCCc2nc(-c3cccs3)no2)C1. The zero-order valence-electron chi connectivity index (χ0n) is 15.9. The van der Waals surface area contributed by atoms with Crippen molar-refractivity contribution in [3.63, 3.8) is 0 Å². The molecule has 26 heavy (non-hydrogen) atoms. The summed E-state index contributed by atoms with van der Waals surface area (Å²) in [5.74, 6) is 3.29. The molecule has 0 radical (unpaired) electrons. The largest absolute Gasteiger partial charge is 0.353 e. The molecule has 1 saturated carbocycles. The minimum Gasteiger partial charge on any atom is -0.353 e. The van der Waals surface area contributed by atoms with Crippen molar-refractivity contribution >= 4 is 17.2 Å². The molecule has 0 aliphatic heterocycles. The lowest BCUT2D eigenvalue weighted by molar-refractivity contribution is -0.122. The van der Waals surface area contributed by atoms with Crippen molar-refractivity contribution in [3.8, 4) is 10.7 Å². The van der Waals surface area contributed by atoms with E-state index in [0.717, 1.165) is 17.7 Å². The second kappa shape index (κ2) is 8.80. The summed E-state index contributed by atoms with van der Waals surface area (Å²) >= 11 is 1.59. The minimum atomic E-state index is 0.146. The molecule has 0 bridgehead atoms. The Bertz CT molecular complexity index is 696. The number of nitrogens with one attached hydrogen (secondary N) is 1. The highest BCUT2D eigenvalue weighted by atomic mass is 32.1. The number of hydrogen-bond acceptors (Lipinski definition) is 5. The topological polar surface area (TPSA) is 68.0 Å². The highest BCUT2D eigenvalue weighted by Crippen LogP contribution is 2.33. The van der Waals surface area contributed by atoms with Gasteiger partial charge in [0.2, 0.25) is 17.6 Å². The van der Waals surface area contributed by atoms with Crippen molar-refractivity contribution in [1.82, 2.24) is 15.5 Å². The van der Waals surface area contributed by atoms with Crippen LogP contribution < -0.4 is 5.32 Å². The lowest BCUT2D eigenvalue weighted by Crippen LogP contribution is -2.45. The molecule has 1 N–H and O–H groups in total. The molecule has 2 aromatic heterocycles. The van der Waals surface area contributed by atoms with Crippen LogP contribution in [0, 0.1) is 17.8 Å². The van der Waals surface area contributed by atoms with Gasteiger partial charge < -0.3 is 9.84 Å². The molecular formula is C20H29N3O2S. The first-order valence-electron chi connectivity index (χ1n) is 9.68. The van der Waals surface area contributed by atoms with E-state index in [9.17, 15) is 4.79 Å². The first-order chi connectivity index (χ1) is 12.5. The first-order valence-corrected chi connectivity index (χ1v) is 10.6. The van der Waals surface area contributed by atoms with E-state index in [1.165, 1.54) is 12.8 Å². The summed E-state index contributed by atoms with van der Waals surface area (Å²) in [4.78, 5) is 17.8. The average Bonchev–Trinajstić information content (AvgIpc) is 3.26. The molecule has 142 valence electrons. The third-order valence-corrected chi connectivity index (χ3v) is 6.24. The number of aryl methyl sites for hydroxylation is 1. The van der Waals surface area contributed by atoms with Crippen molar-refractivity contribution in [2.24, 2.45) is 17.8 Å². The first kappa shape index (κ1) is 19.1. The number of amides is 1. The van der Waals surface area contributed by atoms with E-state index >= 15 is 0 Å². The normalized spacial score (nSPS) is 23.3. The van der Waals surface area contributed by atoms with Crippen LogP contribution in [-0.4, -0.2) is 22.1 Å². The number of carbonyl (C=O) groups is 1. The molecule has 0 saturated heterocycles. The molecular weight excluding hydrogens is 346 g/mol. The quantitative estimate of drug-likeness (QED) is 0.762. The van der Waals surface area contributed by atoms with Gasteiger partial charge in [0.15, 0.2) is 0 Å². The molecule has 3 unspecified atom stereocenters. The molecule has 6 heteroatoms. The van der Waals surface area contributed by atoms with Crippen LogP contribution in [0.5, 0.6) is 0 Å². The van der Waals surface area contributed by atoms with Crippen LogP contribution in [0.25, 0.3) is 10.7 Å². The van der Waals surface area contributed by atoms with Gasteiger partial charge in [-0.05, 0) is 48.5 Å². The lowest BCUT2D eigenvalue weighted by Gasteiger charge is -2.37. The van der Waals surface area contributed by atoms with E-state index in [4.69, 9.17) is 4.52 Å². The third-order valence-electron chi connectivity index (χ3n) is 5.37. The fourth-order valence-corrected chi connectivity index (χ4v) is 4.56. The van der Waals surface area contributed by atoms with Gasteiger partial charge in [0.25, 0.3) is 0 Å². The average molecular weight is 376 g/mol. The molecule has 1 fully saturated rings. The Morgan fingerprint density at radius 1 is 1.42 bits per heavy atom. The van der Waals surface area contributed by atoms with Gasteiger partial charge >= 0.3 is 0 Å². The molecule has 5 nitrogen and oxygen atoms in total. The maximum absolute atomic E-state index is 12.4. The molecule has 1 amide bonds. The Labute approximate surface area is 159 Å². The fourth-order valence-electron chi connectivity index (χ4n) is 3.91. The van der Waals surface area contributed by atoms with Crippen molar-refractivity contribution < 1.29 is 9.32 Å². The zero-order chi connectivity index (χ0) is 18.5. The Kier molecular flexibility index (Phi) is 6.46. The molecule has 1 aliphatic rings. The summed E-state index contributed by atoms with van der Waals surface area (Å²) in [7, 11) is 0. The monoisotopic (exact) mass is 375 g/mol. The third kappa shape index (κ3) is 4.93. The maximum Gasteiger partial charge on any atom is 0.226 e. The smallest absolute Gasteiger partial charge is 0.226 e. The van der Waals surface area contributed by atoms with Gasteiger partial charge in [0.1, 0.15) is 0 Å². The Balaban J connectivity index is 1.45. The predicted molar refractivity (Wildman–Crippen MR) is 104 cm³/mol. The van der Waals surface area contributed by atoms with Gasteiger partial charge in [0.05, 0.1) is 4.88 Å². The Morgan fingerprint density at radius 2 is 2.27 bits per heavy atom. The maximum atomic E-state index is 12.4. The van der Waals surface area contributed by atoms with Gasteiger partial charge in [-0.15, -0.1) is 11.3 Å².